The zero-order valence-corrected chi connectivity index (χ0v) is 16.8. The topological polar surface area (TPSA) is 74.1 Å². The maximum atomic E-state index is 12.2. The van der Waals surface area contributed by atoms with Crippen molar-refractivity contribution in [3.63, 3.8) is 0 Å². The zero-order chi connectivity index (χ0) is 20.3. The Bertz CT molecular complexity index is 953. The maximum Gasteiger partial charge on any atom is 0.319 e. The summed E-state index contributed by atoms with van der Waals surface area (Å²) in [5, 5.41) is 16.1. The number of benzene rings is 2. The van der Waals surface area contributed by atoms with E-state index in [1.165, 1.54) is 0 Å². The summed E-state index contributed by atoms with van der Waals surface area (Å²) in [5.41, 5.74) is 2.57. The van der Waals surface area contributed by atoms with Gasteiger partial charge in [-0.05, 0) is 35.4 Å². The van der Waals surface area contributed by atoms with Gasteiger partial charge in [-0.25, -0.2) is 4.79 Å². The number of amides is 2. The van der Waals surface area contributed by atoms with Gasteiger partial charge in [0.15, 0.2) is 0 Å². The van der Waals surface area contributed by atoms with Gasteiger partial charge in [0.1, 0.15) is 12.4 Å². The van der Waals surface area contributed by atoms with Crippen LogP contribution in [0.3, 0.4) is 0 Å². The minimum Gasteiger partial charge on any atom is -0.489 e. The van der Waals surface area contributed by atoms with Crippen LogP contribution in [0.1, 0.15) is 37.9 Å². The highest BCUT2D eigenvalue weighted by Gasteiger charge is 2.33. The number of hydrogen-bond donors (Lipinski definition) is 2. The first kappa shape index (κ1) is 19.8. The van der Waals surface area contributed by atoms with Gasteiger partial charge < -0.3 is 15.4 Å². The van der Waals surface area contributed by atoms with Crippen molar-refractivity contribution in [3.8, 4) is 11.8 Å². The highest BCUT2D eigenvalue weighted by Crippen LogP contribution is 2.35. The van der Waals surface area contributed by atoms with Gasteiger partial charge in [-0.3, -0.25) is 0 Å². The van der Waals surface area contributed by atoms with Gasteiger partial charge in [-0.2, -0.15) is 5.26 Å². The van der Waals surface area contributed by atoms with Crippen molar-refractivity contribution in [2.24, 2.45) is 5.41 Å². The molecule has 0 bridgehead atoms. The number of rotatable bonds is 4. The van der Waals surface area contributed by atoms with Crippen molar-refractivity contribution < 1.29 is 9.53 Å². The van der Waals surface area contributed by atoms with E-state index in [4.69, 9.17) is 16.3 Å². The number of nitriles is 1. The molecule has 0 saturated carbocycles. The van der Waals surface area contributed by atoms with Gasteiger partial charge in [0.25, 0.3) is 0 Å². The van der Waals surface area contributed by atoms with Crippen LogP contribution in [0.15, 0.2) is 59.8 Å². The maximum absolute atomic E-state index is 12.2. The summed E-state index contributed by atoms with van der Waals surface area (Å²) in [4.78, 5) is 12.2. The van der Waals surface area contributed by atoms with Crippen molar-refractivity contribution in [2.75, 3.05) is 0 Å². The molecule has 0 aliphatic carbocycles. The van der Waals surface area contributed by atoms with Crippen LogP contribution in [0.4, 0.5) is 4.79 Å². The predicted octanol–water partition coefficient (Wildman–Crippen LogP) is 5.10. The molecule has 1 atom stereocenters. The van der Waals surface area contributed by atoms with E-state index in [9.17, 15) is 10.1 Å². The predicted molar refractivity (Wildman–Crippen MR) is 109 cm³/mol. The summed E-state index contributed by atoms with van der Waals surface area (Å²) in [7, 11) is 0. The first-order valence-electron chi connectivity index (χ1n) is 8.97. The molecule has 1 aliphatic rings. The second-order valence-electron chi connectivity index (χ2n) is 7.67. The van der Waals surface area contributed by atoms with Crippen LogP contribution >= 0.6 is 11.6 Å². The Morgan fingerprint density at radius 1 is 1.18 bits per heavy atom. The number of urea groups is 1. The molecule has 2 amide bonds. The van der Waals surface area contributed by atoms with E-state index in [0.717, 1.165) is 11.1 Å². The van der Waals surface area contributed by atoms with Gasteiger partial charge >= 0.3 is 6.03 Å². The summed E-state index contributed by atoms with van der Waals surface area (Å²) < 4.78 is 5.88. The van der Waals surface area contributed by atoms with E-state index in [2.05, 4.69) is 16.7 Å². The second-order valence-corrected chi connectivity index (χ2v) is 8.11. The Balaban J connectivity index is 1.87. The molecular formula is C22H22ClN3O2. The Morgan fingerprint density at radius 3 is 2.54 bits per heavy atom. The number of nitrogens with one attached hydrogen (secondary N) is 2. The minimum absolute atomic E-state index is 0.318. The average molecular weight is 396 g/mol. The number of carbonyl (C=O) groups excluding carboxylic acids is 1. The van der Waals surface area contributed by atoms with Crippen LogP contribution in [0.2, 0.25) is 5.02 Å². The molecule has 6 heteroatoms. The van der Waals surface area contributed by atoms with Crippen molar-refractivity contribution in [1.29, 1.82) is 5.26 Å². The van der Waals surface area contributed by atoms with E-state index in [0.29, 0.717) is 28.6 Å². The van der Waals surface area contributed by atoms with Crippen molar-refractivity contribution in [1.82, 2.24) is 10.6 Å². The summed E-state index contributed by atoms with van der Waals surface area (Å²) in [6.45, 7) is 6.29. The Kier molecular flexibility index (Phi) is 5.62. The summed E-state index contributed by atoms with van der Waals surface area (Å²) in [5.74, 6) is 0.662. The van der Waals surface area contributed by atoms with Gasteiger partial charge in [0, 0.05) is 16.1 Å². The lowest BCUT2D eigenvalue weighted by molar-refractivity contribution is 0.235. The lowest BCUT2D eigenvalue weighted by Crippen LogP contribution is -2.46. The fourth-order valence-corrected chi connectivity index (χ4v) is 3.18. The van der Waals surface area contributed by atoms with Crippen LogP contribution in [0, 0.1) is 16.7 Å². The van der Waals surface area contributed by atoms with Crippen LogP contribution < -0.4 is 15.4 Å². The van der Waals surface area contributed by atoms with Gasteiger partial charge in [-0.15, -0.1) is 0 Å². The molecule has 144 valence electrons. The van der Waals surface area contributed by atoms with Gasteiger partial charge in [0.05, 0.1) is 17.7 Å². The van der Waals surface area contributed by atoms with Crippen LogP contribution in [-0.2, 0) is 6.61 Å². The molecule has 0 fully saturated rings. The molecular weight excluding hydrogens is 374 g/mol. The normalized spacial score (nSPS) is 16.8. The summed E-state index contributed by atoms with van der Waals surface area (Å²) in [6, 6.07) is 16.3. The van der Waals surface area contributed by atoms with Gasteiger partial charge in [0.2, 0.25) is 0 Å². The van der Waals surface area contributed by atoms with Crippen LogP contribution in [0.5, 0.6) is 5.75 Å². The highest BCUT2D eigenvalue weighted by atomic mass is 35.5. The third kappa shape index (κ3) is 4.47. The quantitative estimate of drug-likeness (QED) is 0.756. The molecule has 0 spiro atoms. The molecule has 0 unspecified atom stereocenters. The zero-order valence-electron chi connectivity index (χ0n) is 16.0. The standard InChI is InChI=1S/C22H22ClN3O2/c1-22(2,3)20-18(12-24)19(25-21(27)26-20)15-5-4-6-17(11-15)28-13-14-7-9-16(23)10-8-14/h4-11,19H,13H2,1-3H3,(H2,25,26,27)/t19-/m0/s1. The number of carbonyl (C=O) groups is 1. The van der Waals surface area contributed by atoms with E-state index < -0.39 is 6.04 Å². The summed E-state index contributed by atoms with van der Waals surface area (Å²) >= 11 is 5.91. The molecule has 2 aromatic rings. The number of hydrogen-bond acceptors (Lipinski definition) is 3. The van der Waals surface area contributed by atoms with E-state index >= 15 is 0 Å². The molecule has 28 heavy (non-hydrogen) atoms. The number of allylic oxidation sites excluding steroid dienone is 1. The summed E-state index contributed by atoms with van der Waals surface area (Å²) in [6.07, 6.45) is 0. The molecule has 0 aromatic heterocycles. The fraction of sp³-hybridized carbons (Fsp3) is 0.273. The molecule has 0 saturated heterocycles. The largest absolute Gasteiger partial charge is 0.489 e. The first-order valence-corrected chi connectivity index (χ1v) is 9.35. The molecule has 1 heterocycles. The van der Waals surface area contributed by atoms with E-state index in [1.54, 1.807) is 0 Å². The average Bonchev–Trinajstić information content (AvgIpc) is 2.66. The second kappa shape index (κ2) is 7.95. The smallest absolute Gasteiger partial charge is 0.319 e. The number of ether oxygens (including phenoxy) is 1. The van der Waals surface area contributed by atoms with Crippen LogP contribution in [-0.4, -0.2) is 6.03 Å². The van der Waals surface area contributed by atoms with Crippen molar-refractivity contribution in [3.05, 3.63) is 76.0 Å². The monoisotopic (exact) mass is 395 g/mol. The van der Waals surface area contributed by atoms with Crippen molar-refractivity contribution in [2.45, 2.75) is 33.4 Å². The lowest BCUT2D eigenvalue weighted by Gasteiger charge is -2.33. The minimum atomic E-state index is -0.521. The third-order valence-electron chi connectivity index (χ3n) is 4.45. The van der Waals surface area contributed by atoms with Crippen LogP contribution in [0.25, 0.3) is 0 Å². The Labute approximate surface area is 170 Å². The molecule has 5 nitrogen and oxygen atoms in total. The lowest BCUT2D eigenvalue weighted by atomic mass is 9.84. The Morgan fingerprint density at radius 2 is 1.89 bits per heavy atom. The van der Waals surface area contributed by atoms with Crippen molar-refractivity contribution >= 4 is 17.6 Å². The molecule has 0 radical (unpaired) electrons. The first-order chi connectivity index (χ1) is 13.3. The molecule has 2 aromatic carbocycles. The number of halogens is 1. The van der Waals surface area contributed by atoms with Gasteiger partial charge in [-0.1, -0.05) is 56.6 Å². The molecule has 1 aliphatic heterocycles. The SMILES string of the molecule is CC(C)(C)C1=C(C#N)[C@H](c2cccc(OCc3ccc(Cl)cc3)c2)NC(=O)N1. The molecule has 3 rings (SSSR count). The third-order valence-corrected chi connectivity index (χ3v) is 4.70. The van der Waals surface area contributed by atoms with E-state index in [1.807, 2.05) is 69.3 Å². The molecule has 2 N–H and O–H groups in total. The Hall–Kier alpha value is -2.97. The number of nitrogens with zero attached hydrogens (tertiary/aromatic N) is 1. The van der Waals surface area contributed by atoms with E-state index in [-0.39, 0.29) is 11.4 Å². The fourth-order valence-electron chi connectivity index (χ4n) is 3.06. The highest BCUT2D eigenvalue weighted by molar-refractivity contribution is 6.30.